The highest BCUT2D eigenvalue weighted by Crippen LogP contribution is 2.35. The van der Waals surface area contributed by atoms with E-state index in [0.717, 1.165) is 17.5 Å². The van der Waals surface area contributed by atoms with Crippen molar-refractivity contribution in [2.24, 2.45) is 5.41 Å². The van der Waals surface area contributed by atoms with Crippen LogP contribution in [-0.4, -0.2) is 15.0 Å². The van der Waals surface area contributed by atoms with E-state index in [9.17, 15) is 8.42 Å². The van der Waals surface area contributed by atoms with Gasteiger partial charge in [-0.25, -0.2) is 13.1 Å². The molecule has 0 unspecified atom stereocenters. The summed E-state index contributed by atoms with van der Waals surface area (Å²) < 4.78 is 29.6. The Morgan fingerprint density at radius 1 is 1.00 bits per heavy atom. The highest BCUT2D eigenvalue weighted by atomic mass is 32.2. The maximum absolute atomic E-state index is 13.4. The third kappa shape index (κ3) is 7.09. The van der Waals surface area contributed by atoms with Crippen molar-refractivity contribution in [1.29, 1.82) is 0 Å². The first kappa shape index (κ1) is 26.6. The maximum atomic E-state index is 13.4. The monoisotopic (exact) mass is 433 g/mol. The van der Waals surface area contributed by atoms with Crippen LogP contribution in [0.15, 0.2) is 41.3 Å². The van der Waals surface area contributed by atoms with Gasteiger partial charge in [0, 0.05) is 6.54 Å². The summed E-state index contributed by atoms with van der Waals surface area (Å²) in [5, 5.41) is 0. The minimum atomic E-state index is -3.60. The number of hydrogen-bond acceptors (Lipinski definition) is 2. The molecule has 0 aliphatic carbocycles. The van der Waals surface area contributed by atoms with Gasteiger partial charge in [0.25, 0.3) is 0 Å². The van der Waals surface area contributed by atoms with E-state index in [1.165, 1.54) is 11.1 Å². The zero-order chi connectivity index (χ0) is 23.3. The fourth-order valence-corrected chi connectivity index (χ4v) is 5.30. The van der Waals surface area contributed by atoms with Crippen molar-refractivity contribution in [2.75, 3.05) is 6.54 Å². The molecule has 0 spiro atoms. The molecule has 0 saturated carbocycles. The highest BCUT2D eigenvalue weighted by molar-refractivity contribution is 7.89. The van der Waals surface area contributed by atoms with Gasteiger partial charge in [-0.2, -0.15) is 0 Å². The third-order valence-electron chi connectivity index (χ3n) is 5.50. The summed E-state index contributed by atoms with van der Waals surface area (Å²) in [4.78, 5) is 0.475. The topological polar surface area (TPSA) is 46.2 Å². The summed E-state index contributed by atoms with van der Waals surface area (Å²) in [5.41, 5.74) is 4.35. The van der Waals surface area contributed by atoms with E-state index in [2.05, 4.69) is 91.8 Å². The van der Waals surface area contributed by atoms with E-state index in [1.807, 2.05) is 6.08 Å². The molecular weight excluding hydrogens is 390 g/mol. The summed E-state index contributed by atoms with van der Waals surface area (Å²) in [6, 6.07) is 4.16. The van der Waals surface area contributed by atoms with Crippen LogP contribution in [0.25, 0.3) is 0 Å². The zero-order valence-corrected chi connectivity index (χ0v) is 21.4. The van der Waals surface area contributed by atoms with Gasteiger partial charge in [0.15, 0.2) is 0 Å². The largest absolute Gasteiger partial charge is 0.241 e. The first-order valence-electron chi connectivity index (χ1n) is 11.2. The van der Waals surface area contributed by atoms with Crippen molar-refractivity contribution < 1.29 is 8.42 Å². The number of sulfonamides is 1. The predicted molar refractivity (Wildman–Crippen MR) is 131 cm³/mol. The van der Waals surface area contributed by atoms with E-state index < -0.39 is 10.0 Å². The highest BCUT2D eigenvalue weighted by Gasteiger charge is 2.26. The summed E-state index contributed by atoms with van der Waals surface area (Å²) in [5.74, 6) is 0.621. The standard InChI is InChI=1S/C26H43NO2S/c1-11-13-22(26(8,9)10)14-12-15-27-30(28,29)25-23(19(4)5)16-21(18(2)3)17-24(25)20(6)7/h11,14,16-20,27H,1,12-13,15H2,2-10H3/b22-14+. The van der Waals surface area contributed by atoms with Gasteiger partial charge in [-0.1, -0.05) is 92.2 Å². The number of benzene rings is 1. The van der Waals surface area contributed by atoms with E-state index in [1.54, 1.807) is 0 Å². The van der Waals surface area contributed by atoms with Crippen molar-refractivity contribution in [1.82, 2.24) is 4.72 Å². The molecular formula is C26H43NO2S. The van der Waals surface area contributed by atoms with E-state index in [0.29, 0.717) is 23.8 Å². The summed E-state index contributed by atoms with van der Waals surface area (Å²) in [7, 11) is -3.60. The van der Waals surface area contributed by atoms with Gasteiger partial charge in [0.05, 0.1) is 4.90 Å². The van der Waals surface area contributed by atoms with Crippen LogP contribution >= 0.6 is 0 Å². The van der Waals surface area contributed by atoms with Crippen molar-refractivity contribution >= 4 is 10.0 Å². The predicted octanol–water partition coefficient (Wildman–Crippen LogP) is 7.27. The van der Waals surface area contributed by atoms with Gasteiger partial charge in [-0.05, 0) is 52.7 Å². The van der Waals surface area contributed by atoms with E-state index in [4.69, 9.17) is 0 Å². The van der Waals surface area contributed by atoms with Crippen LogP contribution in [0, 0.1) is 5.41 Å². The van der Waals surface area contributed by atoms with Crippen molar-refractivity contribution in [3.8, 4) is 0 Å². The average Bonchev–Trinajstić information content (AvgIpc) is 2.61. The van der Waals surface area contributed by atoms with E-state index >= 15 is 0 Å². The Bertz CT molecular complexity index is 825. The second-order valence-electron chi connectivity index (χ2n) is 10.2. The van der Waals surface area contributed by atoms with Crippen LogP contribution in [0.5, 0.6) is 0 Å². The van der Waals surface area contributed by atoms with Crippen LogP contribution in [0.3, 0.4) is 0 Å². The van der Waals surface area contributed by atoms with Crippen LogP contribution in [-0.2, 0) is 10.0 Å². The van der Waals surface area contributed by atoms with Gasteiger partial charge in [0.2, 0.25) is 10.0 Å². The zero-order valence-electron chi connectivity index (χ0n) is 20.6. The number of hydrogen-bond donors (Lipinski definition) is 1. The van der Waals surface area contributed by atoms with Gasteiger partial charge < -0.3 is 0 Å². The molecule has 1 rings (SSSR count). The molecule has 0 bridgehead atoms. The molecule has 1 aromatic carbocycles. The van der Waals surface area contributed by atoms with E-state index in [-0.39, 0.29) is 17.3 Å². The molecule has 0 saturated heterocycles. The third-order valence-corrected chi connectivity index (χ3v) is 7.10. The minimum Gasteiger partial charge on any atom is -0.211 e. The Hall–Kier alpha value is -1.39. The van der Waals surface area contributed by atoms with Gasteiger partial charge >= 0.3 is 0 Å². The molecule has 0 aliphatic heterocycles. The molecule has 0 fully saturated rings. The molecule has 1 aromatic rings. The molecule has 1 N–H and O–H groups in total. The molecule has 0 amide bonds. The SMILES string of the molecule is C=CC/C(=C\CCNS(=O)(=O)c1c(C(C)C)cc(C(C)C)cc1C(C)C)C(C)(C)C. The van der Waals surface area contributed by atoms with Crippen LogP contribution in [0.2, 0.25) is 0 Å². The molecule has 0 atom stereocenters. The molecule has 0 aromatic heterocycles. The van der Waals surface area contributed by atoms with Gasteiger partial charge in [-0.15, -0.1) is 6.58 Å². The molecule has 170 valence electrons. The molecule has 30 heavy (non-hydrogen) atoms. The summed E-state index contributed by atoms with van der Waals surface area (Å²) in [6.07, 6.45) is 5.54. The molecule has 0 aliphatic rings. The Labute approximate surface area is 186 Å². The lowest BCUT2D eigenvalue weighted by Crippen LogP contribution is -2.27. The fourth-order valence-electron chi connectivity index (χ4n) is 3.56. The second kappa shape index (κ2) is 10.8. The summed E-state index contributed by atoms with van der Waals surface area (Å²) >= 11 is 0. The Kier molecular flexibility index (Phi) is 9.56. The molecule has 0 heterocycles. The van der Waals surface area contributed by atoms with Crippen molar-refractivity contribution in [2.45, 2.75) is 97.8 Å². The van der Waals surface area contributed by atoms with Crippen LogP contribution in [0.1, 0.15) is 110 Å². The van der Waals surface area contributed by atoms with Crippen molar-refractivity contribution in [3.63, 3.8) is 0 Å². The van der Waals surface area contributed by atoms with Crippen molar-refractivity contribution in [3.05, 3.63) is 53.1 Å². The lowest BCUT2D eigenvalue weighted by atomic mass is 9.84. The average molecular weight is 434 g/mol. The smallest absolute Gasteiger partial charge is 0.211 e. The molecule has 4 heteroatoms. The fraction of sp³-hybridized carbons (Fsp3) is 0.615. The quantitative estimate of drug-likeness (QED) is 0.311. The maximum Gasteiger partial charge on any atom is 0.241 e. The van der Waals surface area contributed by atoms with Gasteiger partial charge in [-0.3, -0.25) is 0 Å². The Morgan fingerprint density at radius 3 is 1.87 bits per heavy atom. The number of rotatable bonds is 10. The lowest BCUT2D eigenvalue weighted by molar-refractivity contribution is 0.491. The minimum absolute atomic E-state index is 0.0510. The first-order chi connectivity index (χ1) is 13.7. The van der Waals surface area contributed by atoms with Crippen LogP contribution < -0.4 is 4.72 Å². The van der Waals surface area contributed by atoms with Crippen LogP contribution in [0.4, 0.5) is 0 Å². The Morgan fingerprint density at radius 2 is 1.50 bits per heavy atom. The number of allylic oxidation sites excluding steroid dienone is 2. The number of nitrogens with one attached hydrogen (secondary N) is 1. The molecule has 3 nitrogen and oxygen atoms in total. The van der Waals surface area contributed by atoms with Gasteiger partial charge in [0.1, 0.15) is 0 Å². The summed E-state index contributed by atoms with van der Waals surface area (Å²) in [6.45, 7) is 23.3. The molecule has 0 radical (unpaired) electrons. The Balaban J connectivity index is 3.27. The first-order valence-corrected chi connectivity index (χ1v) is 12.7. The lowest BCUT2D eigenvalue weighted by Gasteiger charge is -2.23. The normalized spacial score (nSPS) is 13.5. The second-order valence-corrected chi connectivity index (χ2v) is 11.9.